The van der Waals surface area contributed by atoms with Crippen LogP contribution in [0.25, 0.3) is 0 Å². The topological polar surface area (TPSA) is 59.4 Å². The van der Waals surface area contributed by atoms with Gasteiger partial charge >= 0.3 is 0 Å². The van der Waals surface area contributed by atoms with Crippen molar-refractivity contribution in [1.29, 1.82) is 5.26 Å². The van der Waals surface area contributed by atoms with E-state index in [1.807, 2.05) is 11.0 Å². The maximum absolute atomic E-state index is 13.1. The Morgan fingerprint density at radius 3 is 2.36 bits per heavy atom. The highest BCUT2D eigenvalue weighted by Crippen LogP contribution is 2.25. The van der Waals surface area contributed by atoms with Crippen LogP contribution in [0, 0.1) is 17.1 Å². The molecule has 0 aromatic heterocycles. The molecule has 1 N–H and O–H groups in total. The molecule has 0 atom stereocenters. The smallest absolute Gasteiger partial charge is 0.267 e. The van der Waals surface area contributed by atoms with Gasteiger partial charge in [0.2, 0.25) is 0 Å². The lowest BCUT2D eigenvalue weighted by Crippen LogP contribution is -2.44. The molecule has 5 nitrogen and oxygen atoms in total. The van der Waals surface area contributed by atoms with Crippen LogP contribution in [0.3, 0.4) is 0 Å². The van der Waals surface area contributed by atoms with E-state index < -0.39 is 5.91 Å². The average Bonchev–Trinajstić information content (AvgIpc) is 2.70. The van der Waals surface area contributed by atoms with Gasteiger partial charge in [0.05, 0.1) is 10.0 Å². The lowest BCUT2D eigenvalue weighted by atomic mass is 10.2. The molecule has 2 aromatic carbocycles. The lowest BCUT2D eigenvalue weighted by molar-refractivity contribution is -0.112. The molecule has 0 bridgehead atoms. The number of nitrogens with zero attached hydrogens (tertiary/aromatic N) is 3. The first-order valence-corrected chi connectivity index (χ1v) is 9.35. The van der Waals surface area contributed by atoms with E-state index in [1.165, 1.54) is 18.2 Å². The number of nitrogens with one attached hydrogen (secondary N) is 1. The summed E-state index contributed by atoms with van der Waals surface area (Å²) in [6.07, 6.45) is 1.56. The molecule has 8 heteroatoms. The Hall–Kier alpha value is -2.75. The molecule has 1 aliphatic heterocycles. The second kappa shape index (κ2) is 8.96. The van der Waals surface area contributed by atoms with Gasteiger partial charge in [-0.15, -0.1) is 0 Å². The highest BCUT2D eigenvalue weighted by molar-refractivity contribution is 6.42. The standard InChI is InChI=1S/C20H17Cl2FN4O/c21-18-6-3-16(11-19(18)22)25-20(28)14(12-24)13-26-7-9-27(10-8-26)17-4-1-15(23)2-5-17/h1-6,11,13H,7-10H2,(H,25,28)/b14-13-. The Balaban J connectivity index is 1.61. The summed E-state index contributed by atoms with van der Waals surface area (Å²) in [6, 6.07) is 13.0. The fraction of sp³-hybridized carbons (Fsp3) is 0.200. The number of carbonyl (C=O) groups excluding carboxylic acids is 1. The molecular weight excluding hydrogens is 402 g/mol. The number of anilines is 2. The summed E-state index contributed by atoms with van der Waals surface area (Å²) >= 11 is 11.8. The normalized spacial score (nSPS) is 14.6. The molecule has 1 saturated heterocycles. The van der Waals surface area contributed by atoms with Crippen LogP contribution in [-0.4, -0.2) is 37.0 Å². The van der Waals surface area contributed by atoms with Gasteiger partial charge in [-0.3, -0.25) is 4.79 Å². The molecule has 3 rings (SSSR count). The van der Waals surface area contributed by atoms with Crippen molar-refractivity contribution in [1.82, 2.24) is 4.90 Å². The van der Waals surface area contributed by atoms with Crippen LogP contribution in [0.4, 0.5) is 15.8 Å². The molecule has 0 radical (unpaired) electrons. The zero-order valence-corrected chi connectivity index (χ0v) is 16.3. The van der Waals surface area contributed by atoms with E-state index in [4.69, 9.17) is 23.2 Å². The second-order valence-corrected chi connectivity index (χ2v) is 7.05. The van der Waals surface area contributed by atoms with Crippen molar-refractivity contribution < 1.29 is 9.18 Å². The van der Waals surface area contributed by atoms with E-state index in [-0.39, 0.29) is 11.4 Å². The van der Waals surface area contributed by atoms with E-state index in [1.54, 1.807) is 30.5 Å². The summed E-state index contributed by atoms with van der Waals surface area (Å²) in [5.41, 5.74) is 1.41. The zero-order chi connectivity index (χ0) is 20.1. The first-order chi connectivity index (χ1) is 13.5. The minimum absolute atomic E-state index is 0.00121. The van der Waals surface area contributed by atoms with Crippen LogP contribution in [0.15, 0.2) is 54.2 Å². The molecule has 1 fully saturated rings. The quantitative estimate of drug-likeness (QED) is 0.593. The van der Waals surface area contributed by atoms with E-state index in [0.29, 0.717) is 41.9 Å². The summed E-state index contributed by atoms with van der Waals surface area (Å²) < 4.78 is 13.1. The minimum Gasteiger partial charge on any atom is -0.373 e. The fourth-order valence-corrected chi connectivity index (χ4v) is 3.15. The van der Waals surface area contributed by atoms with Crippen LogP contribution in [0.1, 0.15) is 0 Å². The van der Waals surface area contributed by atoms with Crippen molar-refractivity contribution in [2.45, 2.75) is 0 Å². The Morgan fingerprint density at radius 1 is 1.07 bits per heavy atom. The number of nitriles is 1. The minimum atomic E-state index is -0.512. The summed E-state index contributed by atoms with van der Waals surface area (Å²) in [7, 11) is 0. The molecule has 0 saturated carbocycles. The Kier molecular flexibility index (Phi) is 6.40. The maximum Gasteiger partial charge on any atom is 0.267 e. The van der Waals surface area contributed by atoms with Gasteiger partial charge in [0.15, 0.2) is 0 Å². The van der Waals surface area contributed by atoms with Gasteiger partial charge < -0.3 is 15.1 Å². The van der Waals surface area contributed by atoms with Crippen molar-refractivity contribution in [2.75, 3.05) is 36.4 Å². The first kappa shape index (κ1) is 20.0. The number of rotatable bonds is 4. The van der Waals surface area contributed by atoms with Crippen LogP contribution in [-0.2, 0) is 4.79 Å². The number of piperazine rings is 1. The molecule has 0 unspecified atom stereocenters. The summed E-state index contributed by atoms with van der Waals surface area (Å²) in [6.45, 7) is 2.69. The van der Waals surface area contributed by atoms with Crippen LogP contribution >= 0.6 is 23.2 Å². The van der Waals surface area contributed by atoms with Gasteiger partial charge in [0.25, 0.3) is 5.91 Å². The van der Waals surface area contributed by atoms with Crippen molar-refractivity contribution in [3.05, 3.63) is 70.1 Å². The second-order valence-electron chi connectivity index (χ2n) is 6.24. The van der Waals surface area contributed by atoms with Gasteiger partial charge in [-0.1, -0.05) is 23.2 Å². The van der Waals surface area contributed by atoms with Crippen LogP contribution in [0.5, 0.6) is 0 Å². The molecule has 144 valence electrons. The van der Waals surface area contributed by atoms with Gasteiger partial charge in [-0.2, -0.15) is 5.26 Å². The molecule has 2 aromatic rings. The van der Waals surface area contributed by atoms with Crippen molar-refractivity contribution in [3.8, 4) is 6.07 Å². The van der Waals surface area contributed by atoms with Crippen LogP contribution < -0.4 is 10.2 Å². The average molecular weight is 419 g/mol. The summed E-state index contributed by atoms with van der Waals surface area (Å²) in [5.74, 6) is -0.779. The lowest BCUT2D eigenvalue weighted by Gasteiger charge is -2.35. The summed E-state index contributed by atoms with van der Waals surface area (Å²) in [5, 5.41) is 12.7. The molecule has 28 heavy (non-hydrogen) atoms. The number of benzene rings is 2. The third kappa shape index (κ3) is 4.94. The Morgan fingerprint density at radius 2 is 1.75 bits per heavy atom. The SMILES string of the molecule is N#C/C(=C/N1CCN(c2ccc(F)cc2)CC1)C(=O)Nc1ccc(Cl)c(Cl)c1. The van der Waals surface area contributed by atoms with Crippen molar-refractivity contribution in [3.63, 3.8) is 0 Å². The van der Waals surface area contributed by atoms with E-state index in [2.05, 4.69) is 10.2 Å². The predicted molar refractivity (Wildman–Crippen MR) is 109 cm³/mol. The molecular formula is C20H17Cl2FN4O. The van der Waals surface area contributed by atoms with E-state index >= 15 is 0 Å². The number of hydrogen-bond donors (Lipinski definition) is 1. The third-order valence-electron chi connectivity index (χ3n) is 4.36. The monoisotopic (exact) mass is 418 g/mol. The first-order valence-electron chi connectivity index (χ1n) is 8.59. The van der Waals surface area contributed by atoms with Gasteiger partial charge in [-0.25, -0.2) is 4.39 Å². The van der Waals surface area contributed by atoms with Gasteiger partial charge in [0, 0.05) is 43.8 Å². The van der Waals surface area contributed by atoms with Gasteiger partial charge in [-0.05, 0) is 42.5 Å². The molecule has 0 spiro atoms. The summed E-state index contributed by atoms with van der Waals surface area (Å²) in [4.78, 5) is 16.4. The van der Waals surface area contributed by atoms with Crippen LogP contribution in [0.2, 0.25) is 10.0 Å². The molecule has 1 aliphatic rings. The largest absolute Gasteiger partial charge is 0.373 e. The third-order valence-corrected chi connectivity index (χ3v) is 5.10. The Bertz CT molecular complexity index is 932. The highest BCUT2D eigenvalue weighted by Gasteiger charge is 2.18. The van der Waals surface area contributed by atoms with Gasteiger partial charge in [0.1, 0.15) is 17.5 Å². The number of amides is 1. The predicted octanol–water partition coefficient (Wildman–Crippen LogP) is 4.30. The van der Waals surface area contributed by atoms with E-state index in [0.717, 1.165) is 5.69 Å². The molecule has 1 heterocycles. The molecule has 1 amide bonds. The molecule has 0 aliphatic carbocycles. The fourth-order valence-electron chi connectivity index (χ4n) is 2.85. The number of carbonyl (C=O) groups is 1. The highest BCUT2D eigenvalue weighted by atomic mass is 35.5. The van der Waals surface area contributed by atoms with Crippen molar-refractivity contribution in [2.24, 2.45) is 0 Å². The maximum atomic E-state index is 13.1. The Labute approximate surface area is 172 Å². The van der Waals surface area contributed by atoms with Crippen molar-refractivity contribution >= 4 is 40.5 Å². The zero-order valence-electron chi connectivity index (χ0n) is 14.8. The number of halogens is 3. The van der Waals surface area contributed by atoms with E-state index in [9.17, 15) is 14.4 Å². The number of hydrogen-bond acceptors (Lipinski definition) is 4.